The van der Waals surface area contributed by atoms with Crippen LogP contribution in [0.3, 0.4) is 0 Å². The normalized spacial score (nSPS) is 15.1. The standard InChI is InChI=1S/C22H15N5O2S2/c23-21-27(22-24-10-11-30-22)20(28)18(31-21)12-15-13-25-26-19(15)14-6-8-17(9-7-14)29-16-4-2-1-3-5-16/h1-13,23H,(H,25,26)/b18-12-,23-21?. The van der Waals surface area contributed by atoms with E-state index in [-0.39, 0.29) is 11.1 Å². The second-order valence-electron chi connectivity index (χ2n) is 6.51. The molecule has 0 atom stereocenters. The van der Waals surface area contributed by atoms with E-state index in [9.17, 15) is 4.79 Å². The van der Waals surface area contributed by atoms with E-state index in [1.807, 2.05) is 54.6 Å². The van der Waals surface area contributed by atoms with E-state index in [4.69, 9.17) is 10.1 Å². The van der Waals surface area contributed by atoms with Crippen molar-refractivity contribution in [3.05, 3.63) is 82.8 Å². The van der Waals surface area contributed by atoms with Gasteiger partial charge in [0.1, 0.15) is 11.5 Å². The van der Waals surface area contributed by atoms with Gasteiger partial charge in [0, 0.05) is 22.7 Å². The molecule has 0 spiro atoms. The molecule has 0 saturated carbocycles. The number of nitrogens with one attached hydrogen (secondary N) is 2. The average Bonchev–Trinajstić information content (AvgIpc) is 3.52. The zero-order valence-corrected chi connectivity index (χ0v) is 17.6. The van der Waals surface area contributed by atoms with Crippen LogP contribution in [0.15, 0.2) is 77.3 Å². The Balaban J connectivity index is 1.39. The van der Waals surface area contributed by atoms with Crippen LogP contribution in [0.1, 0.15) is 5.56 Å². The molecular formula is C22H15N5O2S2. The maximum Gasteiger partial charge on any atom is 0.273 e. The smallest absolute Gasteiger partial charge is 0.273 e. The SMILES string of the molecule is N=C1S/C(=C\c2cn[nH]c2-c2ccc(Oc3ccccc3)cc2)C(=O)N1c1nccs1. The number of H-pyrrole nitrogens is 1. The zero-order chi connectivity index (χ0) is 21.2. The molecular weight excluding hydrogens is 430 g/mol. The van der Waals surface area contributed by atoms with E-state index in [1.54, 1.807) is 23.8 Å². The number of rotatable bonds is 5. The number of hydrogen-bond donors (Lipinski definition) is 2. The average molecular weight is 446 g/mol. The highest BCUT2D eigenvalue weighted by atomic mass is 32.2. The molecule has 5 rings (SSSR count). The van der Waals surface area contributed by atoms with Crippen LogP contribution in [-0.4, -0.2) is 26.3 Å². The summed E-state index contributed by atoms with van der Waals surface area (Å²) >= 11 is 2.43. The number of aromatic nitrogens is 3. The van der Waals surface area contributed by atoms with Gasteiger partial charge in [-0.05, 0) is 54.2 Å². The quantitative estimate of drug-likeness (QED) is 0.402. The molecule has 1 fully saturated rings. The molecule has 31 heavy (non-hydrogen) atoms. The molecule has 0 radical (unpaired) electrons. The van der Waals surface area contributed by atoms with Crippen LogP contribution in [0.5, 0.6) is 11.5 Å². The summed E-state index contributed by atoms with van der Waals surface area (Å²) in [6, 6.07) is 17.2. The zero-order valence-electron chi connectivity index (χ0n) is 16.0. The summed E-state index contributed by atoms with van der Waals surface area (Å²) in [7, 11) is 0. The summed E-state index contributed by atoms with van der Waals surface area (Å²) in [6.45, 7) is 0. The first-order valence-corrected chi connectivity index (χ1v) is 11.0. The van der Waals surface area contributed by atoms with Gasteiger partial charge in [-0.1, -0.05) is 18.2 Å². The van der Waals surface area contributed by atoms with Crippen molar-refractivity contribution in [2.24, 2.45) is 0 Å². The maximum absolute atomic E-state index is 12.8. The number of thioether (sulfide) groups is 1. The lowest BCUT2D eigenvalue weighted by atomic mass is 10.1. The summed E-state index contributed by atoms with van der Waals surface area (Å²) < 4.78 is 5.84. The minimum absolute atomic E-state index is 0.138. The maximum atomic E-state index is 12.8. The Morgan fingerprint density at radius 1 is 1.06 bits per heavy atom. The minimum atomic E-state index is -0.260. The molecule has 2 aromatic heterocycles. The fourth-order valence-electron chi connectivity index (χ4n) is 3.08. The molecule has 1 aliphatic heterocycles. The molecule has 3 heterocycles. The van der Waals surface area contributed by atoms with Gasteiger partial charge >= 0.3 is 0 Å². The van der Waals surface area contributed by atoms with Gasteiger partial charge in [-0.15, -0.1) is 11.3 Å². The second-order valence-corrected chi connectivity index (χ2v) is 8.41. The van der Waals surface area contributed by atoms with Gasteiger partial charge in [-0.2, -0.15) is 5.10 Å². The number of carbonyl (C=O) groups is 1. The highest BCUT2D eigenvalue weighted by molar-refractivity contribution is 8.19. The third-order valence-electron chi connectivity index (χ3n) is 4.51. The minimum Gasteiger partial charge on any atom is -0.457 e. The van der Waals surface area contributed by atoms with Gasteiger partial charge in [-0.25, -0.2) is 9.88 Å². The fraction of sp³-hybridized carbons (Fsp3) is 0. The number of thiazole rings is 1. The summed E-state index contributed by atoms with van der Waals surface area (Å²) in [6.07, 6.45) is 5.04. The first-order chi connectivity index (χ1) is 15.2. The number of carbonyl (C=O) groups excluding carboxylic acids is 1. The van der Waals surface area contributed by atoms with Crippen molar-refractivity contribution in [3.63, 3.8) is 0 Å². The molecule has 1 aliphatic rings. The van der Waals surface area contributed by atoms with Gasteiger partial charge in [-0.3, -0.25) is 15.3 Å². The first kappa shape index (κ1) is 19.3. The number of para-hydroxylation sites is 1. The van der Waals surface area contributed by atoms with Gasteiger partial charge in [0.15, 0.2) is 10.3 Å². The number of aromatic amines is 1. The molecule has 1 amide bonds. The summed E-state index contributed by atoms with van der Waals surface area (Å²) in [5.74, 6) is 1.23. The fourth-order valence-corrected chi connectivity index (χ4v) is 4.61. The van der Waals surface area contributed by atoms with E-state index >= 15 is 0 Å². The predicted molar refractivity (Wildman–Crippen MR) is 123 cm³/mol. The van der Waals surface area contributed by atoms with Crippen molar-refractivity contribution in [1.82, 2.24) is 15.2 Å². The molecule has 4 aromatic rings. The van der Waals surface area contributed by atoms with Crippen LogP contribution >= 0.6 is 23.1 Å². The first-order valence-electron chi connectivity index (χ1n) is 9.28. The summed E-state index contributed by atoms with van der Waals surface area (Å²) in [5, 5.41) is 17.7. The molecule has 9 heteroatoms. The molecule has 0 unspecified atom stereocenters. The topological polar surface area (TPSA) is 95.0 Å². The highest BCUT2D eigenvalue weighted by Gasteiger charge is 2.35. The van der Waals surface area contributed by atoms with Crippen LogP contribution in [0, 0.1) is 5.41 Å². The van der Waals surface area contributed by atoms with E-state index in [0.29, 0.717) is 10.0 Å². The van der Waals surface area contributed by atoms with Crippen molar-refractivity contribution >= 4 is 45.4 Å². The number of anilines is 1. The van der Waals surface area contributed by atoms with Gasteiger partial charge in [0.25, 0.3) is 5.91 Å². The monoisotopic (exact) mass is 445 g/mol. The molecule has 2 N–H and O–H groups in total. The number of amidine groups is 1. The van der Waals surface area contributed by atoms with Crippen LogP contribution in [0.2, 0.25) is 0 Å². The largest absolute Gasteiger partial charge is 0.457 e. The van der Waals surface area contributed by atoms with Crippen molar-refractivity contribution in [1.29, 1.82) is 5.41 Å². The number of ether oxygens (including phenoxy) is 1. The highest BCUT2D eigenvalue weighted by Crippen LogP contribution is 2.37. The molecule has 0 bridgehead atoms. The lowest BCUT2D eigenvalue weighted by molar-refractivity contribution is -0.113. The Bertz CT molecular complexity index is 1270. The van der Waals surface area contributed by atoms with Crippen molar-refractivity contribution in [3.8, 4) is 22.8 Å². The third-order valence-corrected chi connectivity index (χ3v) is 6.16. The van der Waals surface area contributed by atoms with Gasteiger partial charge in [0.05, 0.1) is 16.8 Å². The Morgan fingerprint density at radius 2 is 1.84 bits per heavy atom. The van der Waals surface area contributed by atoms with E-state index in [0.717, 1.165) is 40.1 Å². The Kier molecular flexibility index (Phi) is 5.11. The Morgan fingerprint density at radius 3 is 2.58 bits per heavy atom. The second kappa shape index (κ2) is 8.21. The number of hydrogen-bond acceptors (Lipinski definition) is 7. The van der Waals surface area contributed by atoms with Crippen LogP contribution < -0.4 is 9.64 Å². The molecule has 152 valence electrons. The Hall–Kier alpha value is -3.69. The molecule has 2 aromatic carbocycles. The van der Waals surface area contributed by atoms with Gasteiger partial charge < -0.3 is 4.74 Å². The Labute approximate surface area is 185 Å². The summed E-state index contributed by atoms with van der Waals surface area (Å²) in [4.78, 5) is 18.7. The van der Waals surface area contributed by atoms with E-state index in [2.05, 4.69) is 15.2 Å². The summed E-state index contributed by atoms with van der Waals surface area (Å²) in [5.41, 5.74) is 2.46. The van der Waals surface area contributed by atoms with Crippen LogP contribution in [0.25, 0.3) is 17.3 Å². The van der Waals surface area contributed by atoms with Crippen molar-refractivity contribution in [2.45, 2.75) is 0 Å². The van der Waals surface area contributed by atoms with Crippen LogP contribution in [0.4, 0.5) is 5.13 Å². The van der Waals surface area contributed by atoms with Crippen molar-refractivity contribution in [2.75, 3.05) is 4.90 Å². The van der Waals surface area contributed by atoms with Crippen LogP contribution in [-0.2, 0) is 4.79 Å². The predicted octanol–water partition coefficient (Wildman–Crippen LogP) is 5.38. The lowest BCUT2D eigenvalue weighted by Gasteiger charge is -2.09. The molecule has 1 saturated heterocycles. The van der Waals surface area contributed by atoms with Crippen molar-refractivity contribution < 1.29 is 9.53 Å². The number of benzene rings is 2. The van der Waals surface area contributed by atoms with E-state index < -0.39 is 0 Å². The number of nitrogens with zero attached hydrogens (tertiary/aromatic N) is 3. The number of amides is 1. The molecule has 7 nitrogen and oxygen atoms in total. The van der Waals surface area contributed by atoms with Gasteiger partial charge in [0.2, 0.25) is 0 Å². The molecule has 0 aliphatic carbocycles. The lowest BCUT2D eigenvalue weighted by Crippen LogP contribution is -2.27. The third kappa shape index (κ3) is 3.88. The van der Waals surface area contributed by atoms with E-state index in [1.165, 1.54) is 16.2 Å².